The molecule has 0 heterocycles. The molecule has 2 N–H and O–H groups in total. The molecule has 2 aromatic carbocycles. The Labute approximate surface area is 118 Å². The minimum absolute atomic E-state index is 0.0953. The first kappa shape index (κ1) is 13.9. The molecule has 0 saturated heterocycles. The Hall–Kier alpha value is -2.49. The van der Waals surface area contributed by atoms with Gasteiger partial charge in [-0.3, -0.25) is 4.79 Å². The fourth-order valence-corrected chi connectivity index (χ4v) is 1.83. The summed E-state index contributed by atoms with van der Waals surface area (Å²) in [4.78, 5) is 12.1. The van der Waals surface area contributed by atoms with E-state index in [1.807, 2.05) is 61.5 Å². The maximum Gasteiger partial charge on any atom is 0.246 e. The van der Waals surface area contributed by atoms with Gasteiger partial charge in [0.25, 0.3) is 0 Å². The van der Waals surface area contributed by atoms with Gasteiger partial charge in [-0.1, -0.05) is 30.3 Å². The molecule has 20 heavy (non-hydrogen) atoms. The lowest BCUT2D eigenvalue weighted by atomic mass is 10.2. The van der Waals surface area contributed by atoms with Crippen LogP contribution in [0.4, 0.5) is 11.4 Å². The lowest BCUT2D eigenvalue weighted by Gasteiger charge is -2.17. The topological polar surface area (TPSA) is 50.4 Å². The van der Waals surface area contributed by atoms with E-state index >= 15 is 0 Å². The van der Waals surface area contributed by atoms with Crippen molar-refractivity contribution in [1.29, 1.82) is 0 Å². The predicted molar refractivity (Wildman–Crippen MR) is 81.2 cm³/mol. The van der Waals surface area contributed by atoms with Crippen LogP contribution < -0.4 is 15.4 Å². The molecule has 0 spiro atoms. The first-order valence-electron chi connectivity index (χ1n) is 6.46. The number of carbonyl (C=O) groups is 1. The normalized spacial score (nSPS) is 11.5. The number of ether oxygens (including phenoxy) is 1. The van der Waals surface area contributed by atoms with E-state index in [1.165, 1.54) is 0 Å². The van der Waals surface area contributed by atoms with Crippen molar-refractivity contribution in [2.24, 2.45) is 0 Å². The summed E-state index contributed by atoms with van der Waals surface area (Å²) in [7, 11) is 1.61. The summed E-state index contributed by atoms with van der Waals surface area (Å²) in [5.74, 6) is 0.619. The van der Waals surface area contributed by atoms with Gasteiger partial charge in [-0.2, -0.15) is 0 Å². The average molecular weight is 270 g/mol. The van der Waals surface area contributed by atoms with Crippen molar-refractivity contribution in [3.05, 3.63) is 54.6 Å². The van der Waals surface area contributed by atoms with Crippen LogP contribution >= 0.6 is 0 Å². The Balaban J connectivity index is 2.01. The van der Waals surface area contributed by atoms with E-state index in [9.17, 15) is 4.79 Å². The van der Waals surface area contributed by atoms with E-state index in [-0.39, 0.29) is 11.9 Å². The van der Waals surface area contributed by atoms with Crippen molar-refractivity contribution in [1.82, 2.24) is 0 Å². The summed E-state index contributed by atoms with van der Waals surface area (Å²) in [6.45, 7) is 1.81. The Morgan fingerprint density at radius 3 is 2.40 bits per heavy atom. The molecular formula is C16H18N2O2. The number of anilines is 2. The van der Waals surface area contributed by atoms with E-state index in [0.29, 0.717) is 5.75 Å². The summed E-state index contributed by atoms with van der Waals surface area (Å²) < 4.78 is 5.25. The Bertz CT molecular complexity index is 570. The zero-order valence-corrected chi connectivity index (χ0v) is 11.6. The molecule has 104 valence electrons. The zero-order chi connectivity index (χ0) is 14.4. The number of amides is 1. The summed E-state index contributed by atoms with van der Waals surface area (Å²) in [6.07, 6.45) is 0. The zero-order valence-electron chi connectivity index (χ0n) is 11.6. The van der Waals surface area contributed by atoms with Crippen LogP contribution in [0.25, 0.3) is 0 Å². The molecule has 1 atom stereocenters. The van der Waals surface area contributed by atoms with Gasteiger partial charge < -0.3 is 15.4 Å². The second-order valence-electron chi connectivity index (χ2n) is 4.42. The van der Waals surface area contributed by atoms with Gasteiger partial charge >= 0.3 is 0 Å². The molecule has 0 aromatic heterocycles. The van der Waals surface area contributed by atoms with Crippen molar-refractivity contribution < 1.29 is 9.53 Å². The van der Waals surface area contributed by atoms with Crippen molar-refractivity contribution in [3.63, 3.8) is 0 Å². The minimum atomic E-state index is -0.369. The summed E-state index contributed by atoms with van der Waals surface area (Å²) in [5.41, 5.74) is 1.58. The van der Waals surface area contributed by atoms with Gasteiger partial charge in [-0.25, -0.2) is 0 Å². The number of hydrogen-bond acceptors (Lipinski definition) is 3. The number of benzene rings is 2. The molecule has 4 nitrogen and oxygen atoms in total. The molecule has 0 fully saturated rings. The van der Waals surface area contributed by atoms with E-state index in [1.54, 1.807) is 7.11 Å². The van der Waals surface area contributed by atoms with Crippen LogP contribution in [0.2, 0.25) is 0 Å². The Morgan fingerprint density at radius 1 is 1.05 bits per heavy atom. The first-order valence-corrected chi connectivity index (χ1v) is 6.46. The van der Waals surface area contributed by atoms with Crippen LogP contribution in [0.5, 0.6) is 5.75 Å². The fourth-order valence-electron chi connectivity index (χ4n) is 1.83. The number of nitrogens with one attached hydrogen (secondary N) is 2. The van der Waals surface area contributed by atoms with Gasteiger partial charge in [0, 0.05) is 5.69 Å². The van der Waals surface area contributed by atoms with Crippen molar-refractivity contribution in [3.8, 4) is 5.75 Å². The third-order valence-electron chi connectivity index (χ3n) is 2.91. The third kappa shape index (κ3) is 3.51. The summed E-state index contributed by atoms with van der Waals surface area (Å²) >= 11 is 0. The summed E-state index contributed by atoms with van der Waals surface area (Å²) in [6, 6.07) is 16.5. The third-order valence-corrected chi connectivity index (χ3v) is 2.91. The van der Waals surface area contributed by atoms with Crippen LogP contribution in [-0.4, -0.2) is 19.1 Å². The maximum atomic E-state index is 12.1. The smallest absolute Gasteiger partial charge is 0.246 e. The quantitative estimate of drug-likeness (QED) is 0.877. The molecule has 2 rings (SSSR count). The number of carbonyl (C=O) groups excluding carboxylic acids is 1. The number of para-hydroxylation sites is 3. The molecule has 4 heteroatoms. The number of rotatable bonds is 5. The lowest BCUT2D eigenvalue weighted by molar-refractivity contribution is -0.116. The highest BCUT2D eigenvalue weighted by molar-refractivity contribution is 5.96. The van der Waals surface area contributed by atoms with Gasteiger partial charge in [0.15, 0.2) is 0 Å². The van der Waals surface area contributed by atoms with Crippen LogP contribution in [0.1, 0.15) is 6.92 Å². The molecular weight excluding hydrogens is 252 g/mol. The first-order chi connectivity index (χ1) is 9.70. The van der Waals surface area contributed by atoms with Gasteiger partial charge in [0.1, 0.15) is 11.8 Å². The molecule has 2 aromatic rings. The molecule has 0 unspecified atom stereocenters. The minimum Gasteiger partial charge on any atom is -0.495 e. The molecule has 0 saturated carbocycles. The van der Waals surface area contributed by atoms with Crippen LogP contribution in [0.15, 0.2) is 54.6 Å². The molecule has 0 radical (unpaired) electrons. The van der Waals surface area contributed by atoms with Crippen molar-refractivity contribution in [2.75, 3.05) is 17.7 Å². The highest BCUT2D eigenvalue weighted by atomic mass is 16.5. The molecule has 1 amide bonds. The Morgan fingerprint density at radius 2 is 1.70 bits per heavy atom. The van der Waals surface area contributed by atoms with Crippen LogP contribution in [0.3, 0.4) is 0 Å². The molecule has 0 bridgehead atoms. The average Bonchev–Trinajstić information content (AvgIpc) is 2.48. The van der Waals surface area contributed by atoms with E-state index < -0.39 is 0 Å². The SMILES string of the molecule is COc1ccccc1N[C@H](C)C(=O)Nc1ccccc1. The Kier molecular flexibility index (Phi) is 4.60. The second-order valence-corrected chi connectivity index (χ2v) is 4.42. The lowest BCUT2D eigenvalue weighted by Crippen LogP contribution is -2.31. The highest BCUT2D eigenvalue weighted by Gasteiger charge is 2.14. The van der Waals surface area contributed by atoms with Crippen LogP contribution in [0, 0.1) is 0 Å². The van der Waals surface area contributed by atoms with Crippen molar-refractivity contribution >= 4 is 17.3 Å². The predicted octanol–water partition coefficient (Wildman–Crippen LogP) is 3.13. The maximum absolute atomic E-state index is 12.1. The second kappa shape index (κ2) is 6.61. The van der Waals surface area contributed by atoms with Gasteiger partial charge in [0.2, 0.25) is 5.91 Å². The summed E-state index contributed by atoms with van der Waals surface area (Å²) in [5, 5.41) is 6.00. The molecule has 0 aliphatic heterocycles. The highest BCUT2D eigenvalue weighted by Crippen LogP contribution is 2.23. The van der Waals surface area contributed by atoms with E-state index in [2.05, 4.69) is 10.6 Å². The standard InChI is InChI=1S/C16H18N2O2/c1-12(16(19)18-13-8-4-3-5-9-13)17-14-10-6-7-11-15(14)20-2/h3-12,17H,1-2H3,(H,18,19)/t12-/m1/s1. The molecule has 0 aliphatic carbocycles. The van der Waals surface area contributed by atoms with Crippen molar-refractivity contribution in [2.45, 2.75) is 13.0 Å². The monoisotopic (exact) mass is 270 g/mol. The largest absolute Gasteiger partial charge is 0.495 e. The van der Waals surface area contributed by atoms with Gasteiger partial charge in [0.05, 0.1) is 12.8 Å². The molecule has 0 aliphatic rings. The van der Waals surface area contributed by atoms with Gasteiger partial charge in [-0.05, 0) is 31.2 Å². The fraction of sp³-hybridized carbons (Fsp3) is 0.188. The van der Waals surface area contributed by atoms with E-state index in [4.69, 9.17) is 4.74 Å². The number of hydrogen-bond donors (Lipinski definition) is 2. The number of methoxy groups -OCH3 is 1. The van der Waals surface area contributed by atoms with E-state index in [0.717, 1.165) is 11.4 Å². The van der Waals surface area contributed by atoms with Crippen LogP contribution in [-0.2, 0) is 4.79 Å². The van der Waals surface area contributed by atoms with Gasteiger partial charge in [-0.15, -0.1) is 0 Å².